The summed E-state index contributed by atoms with van der Waals surface area (Å²) in [6.45, 7) is 5.91. The molecule has 0 spiro atoms. The quantitative estimate of drug-likeness (QED) is 0.788. The smallest absolute Gasteiger partial charge is 0.407 e. The number of nitrogens with zero attached hydrogens (tertiary/aromatic N) is 4. The zero-order valence-corrected chi connectivity index (χ0v) is 17.4. The zero-order valence-electron chi connectivity index (χ0n) is 17.4. The van der Waals surface area contributed by atoms with E-state index >= 15 is 0 Å². The predicted molar refractivity (Wildman–Crippen MR) is 114 cm³/mol. The van der Waals surface area contributed by atoms with Crippen molar-refractivity contribution >= 4 is 17.7 Å². The number of carbonyl (C=O) groups excluding carboxylic acids is 1. The fourth-order valence-electron chi connectivity index (χ4n) is 3.76. The Bertz CT molecular complexity index is 1100. The highest BCUT2D eigenvalue weighted by atomic mass is 16.4. The van der Waals surface area contributed by atoms with Crippen molar-refractivity contribution in [2.75, 3.05) is 25.0 Å². The third-order valence-corrected chi connectivity index (χ3v) is 5.50. The summed E-state index contributed by atoms with van der Waals surface area (Å²) in [6.07, 6.45) is -0.916. The average molecular weight is 417 g/mol. The van der Waals surface area contributed by atoms with E-state index in [2.05, 4.69) is 16.3 Å². The monoisotopic (exact) mass is 417 g/mol. The highest BCUT2D eigenvalue weighted by Crippen LogP contribution is 2.25. The van der Waals surface area contributed by atoms with Crippen LogP contribution in [0.1, 0.15) is 39.5 Å². The topological polar surface area (TPSA) is 120 Å². The molecule has 2 aromatic carbocycles. The van der Waals surface area contributed by atoms with Gasteiger partial charge in [0, 0.05) is 43.5 Å². The number of rotatable bonds is 4. The van der Waals surface area contributed by atoms with Gasteiger partial charge in [0.05, 0.1) is 23.3 Å². The van der Waals surface area contributed by atoms with Crippen LogP contribution in [0.4, 0.5) is 10.5 Å². The molecule has 0 saturated carbocycles. The summed E-state index contributed by atoms with van der Waals surface area (Å²) in [5.74, 6) is -0.357. The number of amides is 2. The van der Waals surface area contributed by atoms with Gasteiger partial charge in [0.15, 0.2) is 0 Å². The summed E-state index contributed by atoms with van der Waals surface area (Å²) in [5.41, 5.74) is 3.47. The van der Waals surface area contributed by atoms with Crippen molar-refractivity contribution in [1.82, 2.24) is 9.80 Å². The molecule has 1 atom stereocenters. The van der Waals surface area contributed by atoms with Gasteiger partial charge in [-0.15, -0.1) is 0 Å². The minimum Gasteiger partial charge on any atom is -0.465 e. The first-order chi connectivity index (χ1) is 14.8. The standard InChI is InChI=1S/C23H23N5O3/c1-15-13-27(6-7-28(15)23(30)31)14-20-9-18(12-25)10-21(16(20)2)26-22(29)19-5-3-4-17(8-19)11-24/h3-5,8-10,15H,6-7,13-14H2,1-2H3,(H,26,29)(H,30,31)/t15-/m0/s1. The number of benzene rings is 2. The molecule has 0 bridgehead atoms. The van der Waals surface area contributed by atoms with Crippen LogP contribution in [-0.2, 0) is 6.54 Å². The van der Waals surface area contributed by atoms with Crippen molar-refractivity contribution in [3.63, 3.8) is 0 Å². The molecule has 1 aliphatic heterocycles. The van der Waals surface area contributed by atoms with Crippen LogP contribution in [0.2, 0.25) is 0 Å². The Morgan fingerprint density at radius 2 is 1.90 bits per heavy atom. The largest absolute Gasteiger partial charge is 0.465 e. The molecule has 0 aromatic heterocycles. The van der Waals surface area contributed by atoms with E-state index in [0.29, 0.717) is 48.6 Å². The lowest BCUT2D eigenvalue weighted by atomic mass is 10.0. The van der Waals surface area contributed by atoms with Gasteiger partial charge in [-0.2, -0.15) is 10.5 Å². The lowest BCUT2D eigenvalue weighted by molar-refractivity contribution is 0.0710. The highest BCUT2D eigenvalue weighted by molar-refractivity contribution is 6.05. The molecule has 0 unspecified atom stereocenters. The van der Waals surface area contributed by atoms with Crippen molar-refractivity contribution in [3.05, 3.63) is 64.2 Å². The Morgan fingerprint density at radius 1 is 1.16 bits per heavy atom. The molecule has 1 heterocycles. The van der Waals surface area contributed by atoms with Crippen LogP contribution in [0.5, 0.6) is 0 Å². The summed E-state index contributed by atoms with van der Waals surface area (Å²) in [5, 5.41) is 30.6. The van der Waals surface area contributed by atoms with Gasteiger partial charge in [0.1, 0.15) is 0 Å². The molecule has 1 fully saturated rings. The summed E-state index contributed by atoms with van der Waals surface area (Å²) in [6, 6.07) is 13.9. The van der Waals surface area contributed by atoms with Crippen LogP contribution < -0.4 is 5.32 Å². The minimum atomic E-state index is -0.916. The van der Waals surface area contributed by atoms with Crippen LogP contribution >= 0.6 is 0 Å². The lowest BCUT2D eigenvalue weighted by Gasteiger charge is -2.38. The van der Waals surface area contributed by atoms with Crippen LogP contribution in [0.25, 0.3) is 0 Å². The maximum Gasteiger partial charge on any atom is 0.407 e. The molecule has 2 aromatic rings. The maximum absolute atomic E-state index is 12.7. The zero-order chi connectivity index (χ0) is 22.5. The van der Waals surface area contributed by atoms with Crippen molar-refractivity contribution in [1.29, 1.82) is 10.5 Å². The van der Waals surface area contributed by atoms with E-state index in [1.807, 2.05) is 19.9 Å². The van der Waals surface area contributed by atoms with E-state index in [1.165, 1.54) is 11.0 Å². The highest BCUT2D eigenvalue weighted by Gasteiger charge is 2.27. The first-order valence-corrected chi connectivity index (χ1v) is 9.89. The number of hydrogen-bond acceptors (Lipinski definition) is 5. The number of piperazine rings is 1. The van der Waals surface area contributed by atoms with Gasteiger partial charge in [-0.1, -0.05) is 6.07 Å². The molecule has 8 heteroatoms. The van der Waals surface area contributed by atoms with Crippen molar-refractivity contribution in [2.45, 2.75) is 26.4 Å². The van der Waals surface area contributed by atoms with E-state index < -0.39 is 6.09 Å². The van der Waals surface area contributed by atoms with Gasteiger partial charge in [0.2, 0.25) is 0 Å². The van der Waals surface area contributed by atoms with Gasteiger partial charge in [-0.05, 0) is 55.3 Å². The molecule has 2 amide bonds. The van der Waals surface area contributed by atoms with Gasteiger partial charge in [-0.3, -0.25) is 9.69 Å². The van der Waals surface area contributed by atoms with Gasteiger partial charge in [-0.25, -0.2) is 4.79 Å². The van der Waals surface area contributed by atoms with Crippen LogP contribution in [0, 0.1) is 29.6 Å². The molecule has 0 radical (unpaired) electrons. The van der Waals surface area contributed by atoms with Crippen molar-refractivity contribution in [3.8, 4) is 12.1 Å². The third-order valence-electron chi connectivity index (χ3n) is 5.50. The van der Waals surface area contributed by atoms with Gasteiger partial charge >= 0.3 is 6.09 Å². The molecular weight excluding hydrogens is 394 g/mol. The molecule has 158 valence electrons. The summed E-state index contributed by atoms with van der Waals surface area (Å²) < 4.78 is 0. The molecule has 0 aliphatic carbocycles. The second-order valence-electron chi connectivity index (χ2n) is 7.63. The second-order valence-corrected chi connectivity index (χ2v) is 7.63. The average Bonchev–Trinajstić information content (AvgIpc) is 2.76. The molecule has 1 saturated heterocycles. The maximum atomic E-state index is 12.7. The third kappa shape index (κ3) is 5.00. The molecule has 8 nitrogen and oxygen atoms in total. The molecule has 31 heavy (non-hydrogen) atoms. The van der Waals surface area contributed by atoms with E-state index in [0.717, 1.165) is 11.1 Å². The second kappa shape index (κ2) is 9.29. The summed E-state index contributed by atoms with van der Waals surface area (Å²) >= 11 is 0. The lowest BCUT2D eigenvalue weighted by Crippen LogP contribution is -2.53. The van der Waals surface area contributed by atoms with Gasteiger partial charge in [0.25, 0.3) is 5.91 Å². The normalized spacial score (nSPS) is 16.3. The Balaban J connectivity index is 1.81. The number of nitrogens with one attached hydrogen (secondary N) is 1. The number of nitriles is 2. The molecule has 3 rings (SSSR count). The molecule has 2 N–H and O–H groups in total. The molecular formula is C23H23N5O3. The fourth-order valence-corrected chi connectivity index (χ4v) is 3.76. The Labute approximate surface area is 180 Å². The number of carbonyl (C=O) groups is 2. The Hall–Kier alpha value is -3.88. The van der Waals surface area contributed by atoms with Gasteiger partial charge < -0.3 is 15.3 Å². The van der Waals surface area contributed by atoms with Crippen LogP contribution in [0.3, 0.4) is 0 Å². The summed E-state index contributed by atoms with van der Waals surface area (Å²) in [7, 11) is 0. The summed E-state index contributed by atoms with van der Waals surface area (Å²) in [4.78, 5) is 27.6. The SMILES string of the molecule is Cc1c(CN2CCN(C(=O)O)[C@@H](C)C2)cc(C#N)cc1NC(=O)c1cccc(C#N)c1. The Kier molecular flexibility index (Phi) is 6.54. The van der Waals surface area contributed by atoms with Crippen LogP contribution in [-0.4, -0.2) is 52.6 Å². The van der Waals surface area contributed by atoms with Crippen molar-refractivity contribution in [2.24, 2.45) is 0 Å². The fraction of sp³-hybridized carbons (Fsp3) is 0.304. The number of anilines is 1. The van der Waals surface area contributed by atoms with Crippen molar-refractivity contribution < 1.29 is 14.7 Å². The van der Waals surface area contributed by atoms with E-state index in [9.17, 15) is 20.0 Å². The number of carboxylic acid groups (broad SMARTS) is 1. The van der Waals surface area contributed by atoms with E-state index in [4.69, 9.17) is 5.26 Å². The Morgan fingerprint density at radius 3 is 2.55 bits per heavy atom. The first kappa shape index (κ1) is 21.8. The van der Waals surface area contributed by atoms with E-state index in [-0.39, 0.29) is 11.9 Å². The molecule has 1 aliphatic rings. The number of hydrogen-bond donors (Lipinski definition) is 2. The minimum absolute atomic E-state index is 0.128. The van der Waals surface area contributed by atoms with E-state index in [1.54, 1.807) is 30.3 Å². The van der Waals surface area contributed by atoms with Crippen LogP contribution in [0.15, 0.2) is 36.4 Å². The predicted octanol–water partition coefficient (Wildman–Crippen LogP) is 3.17. The first-order valence-electron chi connectivity index (χ1n) is 9.89.